The van der Waals surface area contributed by atoms with E-state index >= 15 is 0 Å². The molecule has 1 aromatic heterocycles. The average molecular weight is 393 g/mol. The summed E-state index contributed by atoms with van der Waals surface area (Å²) in [6.07, 6.45) is 0.341. The van der Waals surface area contributed by atoms with Crippen LogP contribution in [0.1, 0.15) is 32.1 Å². The second kappa shape index (κ2) is 8.34. The van der Waals surface area contributed by atoms with Gasteiger partial charge in [-0.1, -0.05) is 17.3 Å². The van der Waals surface area contributed by atoms with Crippen molar-refractivity contribution >= 4 is 11.6 Å². The molecule has 29 heavy (non-hydrogen) atoms. The van der Waals surface area contributed by atoms with Gasteiger partial charge in [0.15, 0.2) is 0 Å². The number of hydrogen-bond donors (Lipinski definition) is 0. The summed E-state index contributed by atoms with van der Waals surface area (Å²) >= 11 is 0. The van der Waals surface area contributed by atoms with E-state index in [4.69, 9.17) is 14.0 Å². The molecule has 0 radical (unpaired) electrons. The molecule has 0 aliphatic carbocycles. The minimum atomic E-state index is -0.134. The highest BCUT2D eigenvalue weighted by Gasteiger charge is 2.35. The van der Waals surface area contributed by atoms with Crippen LogP contribution < -0.4 is 14.4 Å². The van der Waals surface area contributed by atoms with Gasteiger partial charge in [0, 0.05) is 24.2 Å². The highest BCUT2D eigenvalue weighted by Crippen LogP contribution is 2.33. The van der Waals surface area contributed by atoms with Gasteiger partial charge in [0.05, 0.1) is 19.1 Å². The molecule has 1 aliphatic heterocycles. The summed E-state index contributed by atoms with van der Waals surface area (Å²) in [7, 11) is 0. The van der Waals surface area contributed by atoms with Crippen molar-refractivity contribution < 1.29 is 18.8 Å². The Labute approximate surface area is 169 Å². The third kappa shape index (κ3) is 4.08. The van der Waals surface area contributed by atoms with Crippen LogP contribution in [0.2, 0.25) is 0 Å². The van der Waals surface area contributed by atoms with E-state index in [1.54, 1.807) is 4.90 Å². The zero-order valence-electron chi connectivity index (χ0n) is 16.5. The van der Waals surface area contributed by atoms with Crippen molar-refractivity contribution in [1.29, 1.82) is 0 Å². The molecule has 1 saturated heterocycles. The van der Waals surface area contributed by atoms with Crippen molar-refractivity contribution in [3.05, 3.63) is 54.4 Å². The summed E-state index contributed by atoms with van der Waals surface area (Å²) in [4.78, 5) is 18.8. The second-order valence-electron chi connectivity index (χ2n) is 6.75. The number of benzene rings is 2. The van der Waals surface area contributed by atoms with E-state index in [1.807, 2.05) is 62.4 Å². The Bertz CT molecular complexity index is 984. The van der Waals surface area contributed by atoms with E-state index in [0.29, 0.717) is 37.9 Å². The predicted molar refractivity (Wildman–Crippen MR) is 108 cm³/mol. The molecule has 0 spiro atoms. The van der Waals surface area contributed by atoms with Crippen LogP contribution in [0, 0.1) is 0 Å². The van der Waals surface area contributed by atoms with Gasteiger partial charge in [-0.25, -0.2) is 0 Å². The number of carbonyl (C=O) groups is 1. The Kier molecular flexibility index (Phi) is 5.46. The Morgan fingerprint density at radius 2 is 1.83 bits per heavy atom. The molecular weight excluding hydrogens is 370 g/mol. The first-order chi connectivity index (χ1) is 14.2. The second-order valence-corrected chi connectivity index (χ2v) is 6.75. The van der Waals surface area contributed by atoms with E-state index in [1.165, 1.54) is 0 Å². The van der Waals surface area contributed by atoms with Gasteiger partial charge in [-0.15, -0.1) is 0 Å². The number of carbonyl (C=O) groups excluding carboxylic acids is 1. The van der Waals surface area contributed by atoms with Gasteiger partial charge in [-0.2, -0.15) is 4.98 Å². The molecule has 4 rings (SSSR count). The SMILES string of the molecule is CCOc1ccc(N2CC(c3nc(-c4cccc(OCC)c4)no3)CC2=O)cc1. The molecular formula is C22H23N3O4. The molecule has 150 valence electrons. The summed E-state index contributed by atoms with van der Waals surface area (Å²) in [5.41, 5.74) is 1.66. The van der Waals surface area contributed by atoms with Crippen LogP contribution in [0.15, 0.2) is 53.1 Å². The maximum atomic E-state index is 12.6. The Morgan fingerprint density at radius 1 is 1.07 bits per heavy atom. The predicted octanol–water partition coefficient (Wildman–Crippen LogP) is 4.05. The molecule has 1 amide bonds. The number of hydrogen-bond acceptors (Lipinski definition) is 6. The lowest BCUT2D eigenvalue weighted by atomic mass is 10.1. The van der Waals surface area contributed by atoms with Crippen LogP contribution in [-0.4, -0.2) is 35.8 Å². The number of nitrogens with zero attached hydrogens (tertiary/aromatic N) is 3. The largest absolute Gasteiger partial charge is 0.494 e. The minimum absolute atomic E-state index is 0.0391. The lowest BCUT2D eigenvalue weighted by Crippen LogP contribution is -2.24. The van der Waals surface area contributed by atoms with Gasteiger partial charge in [-0.05, 0) is 50.2 Å². The van der Waals surface area contributed by atoms with Crippen LogP contribution in [0.3, 0.4) is 0 Å². The molecule has 7 heteroatoms. The fourth-order valence-corrected chi connectivity index (χ4v) is 3.42. The summed E-state index contributed by atoms with van der Waals surface area (Å²) in [5, 5.41) is 4.10. The van der Waals surface area contributed by atoms with Crippen molar-refractivity contribution in [2.24, 2.45) is 0 Å². The average Bonchev–Trinajstić information content (AvgIpc) is 3.36. The van der Waals surface area contributed by atoms with Crippen molar-refractivity contribution in [1.82, 2.24) is 10.1 Å². The monoisotopic (exact) mass is 393 g/mol. The number of amides is 1. The molecule has 7 nitrogen and oxygen atoms in total. The van der Waals surface area contributed by atoms with E-state index in [9.17, 15) is 4.79 Å². The molecule has 2 aromatic carbocycles. The van der Waals surface area contributed by atoms with Crippen LogP contribution in [0.5, 0.6) is 11.5 Å². The third-order valence-corrected chi connectivity index (χ3v) is 4.78. The highest BCUT2D eigenvalue weighted by molar-refractivity contribution is 5.96. The molecule has 1 atom stereocenters. The number of aromatic nitrogens is 2. The van der Waals surface area contributed by atoms with Gasteiger partial charge >= 0.3 is 0 Å². The van der Waals surface area contributed by atoms with Crippen LogP contribution in [0.25, 0.3) is 11.4 Å². The summed E-state index contributed by atoms with van der Waals surface area (Å²) in [6, 6.07) is 15.1. The van der Waals surface area contributed by atoms with Gasteiger partial charge in [0.2, 0.25) is 17.6 Å². The third-order valence-electron chi connectivity index (χ3n) is 4.78. The van der Waals surface area contributed by atoms with Crippen molar-refractivity contribution in [3.63, 3.8) is 0 Å². The van der Waals surface area contributed by atoms with Crippen molar-refractivity contribution in [2.75, 3.05) is 24.7 Å². The van der Waals surface area contributed by atoms with Crippen LogP contribution in [0.4, 0.5) is 5.69 Å². The lowest BCUT2D eigenvalue weighted by molar-refractivity contribution is -0.117. The molecule has 3 aromatic rings. The number of rotatable bonds is 7. The molecule has 2 heterocycles. The van der Waals surface area contributed by atoms with Gasteiger partial charge in [0.1, 0.15) is 11.5 Å². The lowest BCUT2D eigenvalue weighted by Gasteiger charge is -2.16. The van der Waals surface area contributed by atoms with E-state index in [0.717, 1.165) is 22.7 Å². The number of ether oxygens (including phenoxy) is 2. The normalized spacial score (nSPS) is 16.3. The van der Waals surface area contributed by atoms with Crippen molar-refractivity contribution in [3.8, 4) is 22.9 Å². The van der Waals surface area contributed by atoms with Crippen LogP contribution in [-0.2, 0) is 4.79 Å². The van der Waals surface area contributed by atoms with Crippen LogP contribution >= 0.6 is 0 Å². The van der Waals surface area contributed by atoms with E-state index < -0.39 is 0 Å². The zero-order valence-corrected chi connectivity index (χ0v) is 16.5. The summed E-state index contributed by atoms with van der Waals surface area (Å²) in [6.45, 7) is 5.58. The maximum Gasteiger partial charge on any atom is 0.232 e. The summed E-state index contributed by atoms with van der Waals surface area (Å²) in [5.74, 6) is 2.42. The Morgan fingerprint density at radius 3 is 2.59 bits per heavy atom. The highest BCUT2D eigenvalue weighted by atomic mass is 16.5. The number of anilines is 1. The quantitative estimate of drug-likeness (QED) is 0.603. The fourth-order valence-electron chi connectivity index (χ4n) is 3.42. The summed E-state index contributed by atoms with van der Waals surface area (Å²) < 4.78 is 16.5. The topological polar surface area (TPSA) is 77.7 Å². The minimum Gasteiger partial charge on any atom is -0.494 e. The van der Waals surface area contributed by atoms with Gasteiger partial charge in [-0.3, -0.25) is 4.79 Å². The standard InChI is InChI=1S/C22H23N3O4/c1-3-27-18-10-8-17(9-11-18)25-14-16(13-20(25)26)22-23-21(24-29-22)15-6-5-7-19(12-15)28-4-2/h5-12,16H,3-4,13-14H2,1-2H3. The molecule has 1 aliphatic rings. The van der Waals surface area contributed by atoms with Gasteiger partial charge in [0.25, 0.3) is 0 Å². The van der Waals surface area contributed by atoms with E-state index in [2.05, 4.69) is 10.1 Å². The Hall–Kier alpha value is -3.35. The first-order valence-corrected chi connectivity index (χ1v) is 9.78. The zero-order chi connectivity index (χ0) is 20.2. The first kappa shape index (κ1) is 19.0. The molecule has 1 unspecified atom stereocenters. The molecule has 0 bridgehead atoms. The maximum absolute atomic E-state index is 12.6. The molecule has 0 saturated carbocycles. The first-order valence-electron chi connectivity index (χ1n) is 9.78. The van der Waals surface area contributed by atoms with Gasteiger partial charge < -0.3 is 18.9 Å². The van der Waals surface area contributed by atoms with Crippen molar-refractivity contribution in [2.45, 2.75) is 26.2 Å². The fraction of sp³-hybridized carbons (Fsp3) is 0.318. The van der Waals surface area contributed by atoms with E-state index in [-0.39, 0.29) is 11.8 Å². The smallest absolute Gasteiger partial charge is 0.232 e. The molecule has 1 fully saturated rings. The molecule has 0 N–H and O–H groups in total. The Balaban J connectivity index is 1.49.